The van der Waals surface area contributed by atoms with Gasteiger partial charge in [-0.05, 0) is 37.7 Å². The van der Waals surface area contributed by atoms with Gasteiger partial charge in [-0.15, -0.1) is 0 Å². The molecule has 1 fully saturated rings. The van der Waals surface area contributed by atoms with Crippen LogP contribution in [0.1, 0.15) is 30.9 Å². The average molecular weight is 259 g/mol. The molecule has 2 N–H and O–H groups in total. The summed E-state index contributed by atoms with van der Waals surface area (Å²) in [6, 6.07) is 8.64. The maximum Gasteiger partial charge on any atom is 0.191 e. The van der Waals surface area contributed by atoms with Crippen LogP contribution in [0.3, 0.4) is 0 Å². The van der Waals surface area contributed by atoms with E-state index in [9.17, 15) is 0 Å². The number of guanidine groups is 1. The highest BCUT2D eigenvalue weighted by molar-refractivity contribution is 5.78. The topological polar surface area (TPSA) is 41.6 Å². The van der Waals surface area contributed by atoms with Crippen molar-refractivity contribution in [2.24, 2.45) is 16.6 Å². The van der Waals surface area contributed by atoms with Crippen molar-refractivity contribution in [1.82, 2.24) is 4.90 Å². The Balaban J connectivity index is 1.80. The lowest BCUT2D eigenvalue weighted by Gasteiger charge is -2.31. The fourth-order valence-electron chi connectivity index (χ4n) is 2.39. The van der Waals surface area contributed by atoms with Gasteiger partial charge >= 0.3 is 0 Å². The second-order valence-corrected chi connectivity index (χ2v) is 5.65. The highest BCUT2D eigenvalue weighted by Gasteiger charge is 2.16. The third-order valence-electron chi connectivity index (χ3n) is 3.90. The van der Waals surface area contributed by atoms with Gasteiger partial charge in [-0.2, -0.15) is 0 Å². The van der Waals surface area contributed by atoms with Gasteiger partial charge < -0.3 is 10.6 Å². The van der Waals surface area contributed by atoms with Crippen LogP contribution >= 0.6 is 0 Å². The zero-order chi connectivity index (χ0) is 13.7. The normalized spacial score (nSPS) is 17.8. The molecule has 1 saturated heterocycles. The fourth-order valence-corrected chi connectivity index (χ4v) is 2.39. The van der Waals surface area contributed by atoms with Crippen LogP contribution in [0.15, 0.2) is 29.3 Å². The third-order valence-corrected chi connectivity index (χ3v) is 3.90. The first-order valence-electron chi connectivity index (χ1n) is 7.25. The number of nitrogens with zero attached hydrogens (tertiary/aromatic N) is 2. The van der Waals surface area contributed by atoms with Crippen molar-refractivity contribution in [2.75, 3.05) is 19.6 Å². The van der Waals surface area contributed by atoms with Gasteiger partial charge in [-0.25, -0.2) is 0 Å². The van der Waals surface area contributed by atoms with Crippen LogP contribution in [0.4, 0.5) is 0 Å². The number of rotatable bonds is 3. The Morgan fingerprint density at radius 1 is 1.26 bits per heavy atom. The second kappa shape index (κ2) is 6.60. The summed E-state index contributed by atoms with van der Waals surface area (Å²) in [5.41, 5.74) is 8.69. The Hall–Kier alpha value is -1.51. The molecule has 0 amide bonds. The van der Waals surface area contributed by atoms with Gasteiger partial charge in [0.2, 0.25) is 0 Å². The van der Waals surface area contributed by atoms with Crippen LogP contribution in [-0.4, -0.2) is 30.5 Å². The van der Waals surface area contributed by atoms with Gasteiger partial charge in [0.15, 0.2) is 5.96 Å². The SMILES string of the molecule is Cc1ccc(CCN=C(N)N2CCC(C)CC2)cc1. The van der Waals surface area contributed by atoms with Crippen LogP contribution < -0.4 is 5.73 Å². The van der Waals surface area contributed by atoms with E-state index in [1.54, 1.807) is 0 Å². The molecule has 3 nitrogen and oxygen atoms in total. The molecule has 0 atom stereocenters. The van der Waals surface area contributed by atoms with Gasteiger partial charge in [-0.3, -0.25) is 4.99 Å². The maximum atomic E-state index is 6.06. The summed E-state index contributed by atoms with van der Waals surface area (Å²) in [5, 5.41) is 0. The van der Waals surface area contributed by atoms with E-state index in [2.05, 4.69) is 48.0 Å². The van der Waals surface area contributed by atoms with Crippen LogP contribution in [0.25, 0.3) is 0 Å². The summed E-state index contributed by atoms with van der Waals surface area (Å²) in [4.78, 5) is 6.73. The minimum absolute atomic E-state index is 0.721. The predicted molar refractivity (Wildman–Crippen MR) is 81.3 cm³/mol. The zero-order valence-corrected chi connectivity index (χ0v) is 12.1. The quantitative estimate of drug-likeness (QED) is 0.669. The average Bonchev–Trinajstić information content (AvgIpc) is 2.41. The molecule has 104 valence electrons. The van der Waals surface area contributed by atoms with Gasteiger partial charge in [0.25, 0.3) is 0 Å². The minimum Gasteiger partial charge on any atom is -0.370 e. The number of nitrogens with two attached hydrogens (primary N) is 1. The molecule has 0 saturated carbocycles. The summed E-state index contributed by atoms with van der Waals surface area (Å²) in [7, 11) is 0. The van der Waals surface area contributed by atoms with Crippen LogP contribution in [-0.2, 0) is 6.42 Å². The predicted octanol–water partition coefficient (Wildman–Crippen LogP) is 2.58. The first-order chi connectivity index (χ1) is 9.15. The number of aliphatic imine (C=N–C) groups is 1. The van der Waals surface area contributed by atoms with Gasteiger partial charge in [0.1, 0.15) is 0 Å². The summed E-state index contributed by atoms with van der Waals surface area (Å²) in [6.07, 6.45) is 3.42. The molecular weight excluding hydrogens is 234 g/mol. The van der Waals surface area contributed by atoms with E-state index < -0.39 is 0 Å². The standard InChI is InChI=1S/C16H25N3/c1-13-3-5-15(6-4-13)7-10-18-16(17)19-11-8-14(2)9-12-19/h3-6,14H,7-12H2,1-2H3,(H2,17,18). The van der Waals surface area contributed by atoms with Crippen LogP contribution in [0, 0.1) is 12.8 Å². The Morgan fingerprint density at radius 3 is 2.53 bits per heavy atom. The summed E-state index contributed by atoms with van der Waals surface area (Å²) < 4.78 is 0. The van der Waals surface area contributed by atoms with Crippen LogP contribution in [0.2, 0.25) is 0 Å². The Kier molecular flexibility index (Phi) is 4.83. The van der Waals surface area contributed by atoms with E-state index in [0.29, 0.717) is 0 Å². The van der Waals surface area contributed by atoms with E-state index in [0.717, 1.165) is 37.9 Å². The van der Waals surface area contributed by atoms with Crippen molar-refractivity contribution < 1.29 is 0 Å². The fraction of sp³-hybridized carbons (Fsp3) is 0.562. The molecule has 3 heteroatoms. The minimum atomic E-state index is 0.721. The Labute approximate surface area is 116 Å². The molecule has 0 radical (unpaired) electrons. The molecule has 0 aromatic heterocycles. The van der Waals surface area contributed by atoms with Crippen molar-refractivity contribution in [3.63, 3.8) is 0 Å². The van der Waals surface area contributed by atoms with Crippen molar-refractivity contribution in [3.8, 4) is 0 Å². The molecule has 0 aliphatic carbocycles. The lowest BCUT2D eigenvalue weighted by molar-refractivity contribution is 0.277. The summed E-state index contributed by atoms with van der Waals surface area (Å²) in [5.74, 6) is 1.55. The number of aryl methyl sites for hydroxylation is 1. The molecule has 1 aromatic rings. The number of hydrogen-bond donors (Lipinski definition) is 1. The molecule has 0 unspecified atom stereocenters. The smallest absolute Gasteiger partial charge is 0.191 e. The highest BCUT2D eigenvalue weighted by atomic mass is 15.3. The largest absolute Gasteiger partial charge is 0.370 e. The number of hydrogen-bond acceptors (Lipinski definition) is 1. The Bertz CT molecular complexity index is 414. The summed E-state index contributed by atoms with van der Waals surface area (Å²) in [6.45, 7) is 7.31. The molecule has 1 aromatic carbocycles. The molecule has 1 aliphatic heterocycles. The van der Waals surface area contributed by atoms with Gasteiger partial charge in [0, 0.05) is 19.6 Å². The number of likely N-dealkylation sites (tertiary alicyclic amines) is 1. The van der Waals surface area contributed by atoms with Crippen molar-refractivity contribution in [2.45, 2.75) is 33.1 Å². The van der Waals surface area contributed by atoms with E-state index in [-0.39, 0.29) is 0 Å². The molecule has 1 aliphatic rings. The molecule has 0 spiro atoms. The Morgan fingerprint density at radius 2 is 1.89 bits per heavy atom. The van der Waals surface area contributed by atoms with E-state index in [1.165, 1.54) is 24.0 Å². The molecule has 0 bridgehead atoms. The summed E-state index contributed by atoms with van der Waals surface area (Å²) >= 11 is 0. The third kappa shape index (κ3) is 4.27. The lowest BCUT2D eigenvalue weighted by Crippen LogP contribution is -2.42. The maximum absolute atomic E-state index is 6.06. The van der Waals surface area contributed by atoms with Crippen molar-refractivity contribution in [3.05, 3.63) is 35.4 Å². The van der Waals surface area contributed by atoms with Crippen molar-refractivity contribution in [1.29, 1.82) is 0 Å². The molecular formula is C16H25N3. The first-order valence-corrected chi connectivity index (χ1v) is 7.25. The van der Waals surface area contributed by atoms with E-state index in [1.807, 2.05) is 0 Å². The molecule has 1 heterocycles. The molecule has 19 heavy (non-hydrogen) atoms. The number of piperidine rings is 1. The second-order valence-electron chi connectivity index (χ2n) is 5.65. The van der Waals surface area contributed by atoms with E-state index >= 15 is 0 Å². The van der Waals surface area contributed by atoms with E-state index in [4.69, 9.17) is 5.73 Å². The van der Waals surface area contributed by atoms with Crippen LogP contribution in [0.5, 0.6) is 0 Å². The van der Waals surface area contributed by atoms with Crippen molar-refractivity contribution >= 4 is 5.96 Å². The lowest BCUT2D eigenvalue weighted by atomic mass is 10.00. The van der Waals surface area contributed by atoms with Gasteiger partial charge in [0.05, 0.1) is 0 Å². The highest BCUT2D eigenvalue weighted by Crippen LogP contribution is 2.15. The number of benzene rings is 1. The first kappa shape index (κ1) is 13.9. The molecule has 2 rings (SSSR count). The monoisotopic (exact) mass is 259 g/mol. The van der Waals surface area contributed by atoms with Gasteiger partial charge in [-0.1, -0.05) is 36.8 Å². The zero-order valence-electron chi connectivity index (χ0n) is 12.1.